The van der Waals surface area contributed by atoms with Crippen molar-refractivity contribution in [3.05, 3.63) is 23.8 Å². The fraction of sp³-hybridized carbons (Fsp3) is 0.733. The molecule has 0 heterocycles. The number of halogens is 1. The standard InChI is InChI=1S/C15H25ClO2S/c1-10(2)13-7-8-14(19(16,17)18)15(9-13,11(3)4)12(5)6/h7-12,14H,1-6H3. The van der Waals surface area contributed by atoms with Gasteiger partial charge in [-0.1, -0.05) is 59.8 Å². The van der Waals surface area contributed by atoms with E-state index in [9.17, 15) is 8.42 Å². The minimum atomic E-state index is -3.63. The topological polar surface area (TPSA) is 34.1 Å². The third-order valence-electron chi connectivity index (χ3n) is 4.34. The highest BCUT2D eigenvalue weighted by Crippen LogP contribution is 2.48. The molecule has 4 heteroatoms. The molecule has 0 aliphatic heterocycles. The first-order chi connectivity index (χ1) is 8.53. The van der Waals surface area contributed by atoms with E-state index in [1.54, 1.807) is 6.08 Å². The van der Waals surface area contributed by atoms with Gasteiger partial charge in [-0.15, -0.1) is 0 Å². The molecule has 2 nitrogen and oxygen atoms in total. The van der Waals surface area contributed by atoms with Crippen molar-refractivity contribution in [2.24, 2.45) is 23.2 Å². The maximum Gasteiger partial charge on any atom is 0.239 e. The van der Waals surface area contributed by atoms with E-state index < -0.39 is 19.7 Å². The lowest BCUT2D eigenvalue weighted by molar-refractivity contribution is 0.182. The molecule has 0 saturated heterocycles. The van der Waals surface area contributed by atoms with E-state index >= 15 is 0 Å². The zero-order valence-corrected chi connectivity index (χ0v) is 14.2. The molecule has 0 N–H and O–H groups in total. The van der Waals surface area contributed by atoms with Crippen LogP contribution in [-0.4, -0.2) is 13.7 Å². The summed E-state index contributed by atoms with van der Waals surface area (Å²) in [7, 11) is 2.07. The van der Waals surface area contributed by atoms with Gasteiger partial charge < -0.3 is 0 Å². The Bertz CT molecular complexity index is 476. The fourth-order valence-electron chi connectivity index (χ4n) is 3.14. The molecule has 0 radical (unpaired) electrons. The van der Waals surface area contributed by atoms with Gasteiger partial charge in [0.2, 0.25) is 9.05 Å². The van der Waals surface area contributed by atoms with Gasteiger partial charge in [0.15, 0.2) is 0 Å². The summed E-state index contributed by atoms with van der Waals surface area (Å²) in [4.78, 5) is 0. The van der Waals surface area contributed by atoms with E-state index in [1.807, 2.05) is 6.08 Å². The van der Waals surface area contributed by atoms with Crippen LogP contribution in [0.3, 0.4) is 0 Å². The molecular weight excluding hydrogens is 280 g/mol. The number of hydrogen-bond donors (Lipinski definition) is 0. The Morgan fingerprint density at radius 1 is 1.11 bits per heavy atom. The van der Waals surface area contributed by atoms with Crippen molar-refractivity contribution in [2.75, 3.05) is 0 Å². The first-order valence-corrected chi connectivity index (χ1v) is 9.25. The van der Waals surface area contributed by atoms with Crippen LogP contribution in [0.5, 0.6) is 0 Å². The van der Waals surface area contributed by atoms with E-state index in [4.69, 9.17) is 10.7 Å². The van der Waals surface area contributed by atoms with Gasteiger partial charge in [-0.25, -0.2) is 8.42 Å². The highest BCUT2D eigenvalue weighted by molar-refractivity contribution is 8.14. The highest BCUT2D eigenvalue weighted by Gasteiger charge is 2.48. The Balaban J connectivity index is 3.50. The van der Waals surface area contributed by atoms with Crippen LogP contribution in [0.4, 0.5) is 0 Å². The summed E-state index contributed by atoms with van der Waals surface area (Å²) in [5.74, 6) is 0.779. The highest BCUT2D eigenvalue weighted by atomic mass is 35.7. The minimum absolute atomic E-state index is 0.199. The average molecular weight is 305 g/mol. The molecule has 19 heavy (non-hydrogen) atoms. The van der Waals surface area contributed by atoms with E-state index in [-0.39, 0.29) is 11.8 Å². The molecule has 0 bridgehead atoms. The smallest absolute Gasteiger partial charge is 0.212 e. The predicted octanol–water partition coefficient (Wildman–Crippen LogP) is 4.37. The third-order valence-corrected chi connectivity index (χ3v) is 6.09. The van der Waals surface area contributed by atoms with Gasteiger partial charge in [0.1, 0.15) is 5.25 Å². The van der Waals surface area contributed by atoms with Crippen molar-refractivity contribution in [3.8, 4) is 0 Å². The molecule has 1 aliphatic rings. The van der Waals surface area contributed by atoms with Crippen molar-refractivity contribution in [3.63, 3.8) is 0 Å². The van der Waals surface area contributed by atoms with Gasteiger partial charge in [-0.3, -0.25) is 0 Å². The average Bonchev–Trinajstić information content (AvgIpc) is 2.25. The van der Waals surface area contributed by atoms with Crippen LogP contribution < -0.4 is 0 Å². The summed E-state index contributed by atoms with van der Waals surface area (Å²) in [6, 6.07) is 0. The van der Waals surface area contributed by atoms with Crippen LogP contribution in [0.25, 0.3) is 0 Å². The second-order valence-electron chi connectivity index (χ2n) is 6.36. The first-order valence-electron chi connectivity index (χ1n) is 6.87. The van der Waals surface area contributed by atoms with E-state index in [1.165, 1.54) is 5.57 Å². The molecule has 0 spiro atoms. The van der Waals surface area contributed by atoms with Crippen LogP contribution >= 0.6 is 10.7 Å². The monoisotopic (exact) mass is 304 g/mol. The van der Waals surface area contributed by atoms with Gasteiger partial charge in [-0.2, -0.15) is 0 Å². The SMILES string of the molecule is CC(C)C1=CC(C(C)C)(C(C)C)C(S(=O)(=O)Cl)C=C1. The summed E-state index contributed by atoms with van der Waals surface area (Å²) in [5.41, 5.74) is 0.758. The molecule has 0 fully saturated rings. The quantitative estimate of drug-likeness (QED) is 0.723. The van der Waals surface area contributed by atoms with Crippen molar-refractivity contribution in [2.45, 2.75) is 46.8 Å². The second-order valence-corrected chi connectivity index (χ2v) is 9.11. The number of allylic oxidation sites excluding steroid dienone is 3. The molecule has 0 aromatic rings. The Labute approximate surface area is 122 Å². The fourth-order valence-corrected chi connectivity index (χ4v) is 5.15. The molecule has 0 aromatic carbocycles. The lowest BCUT2D eigenvalue weighted by Gasteiger charge is -2.45. The molecule has 0 amide bonds. The third kappa shape index (κ3) is 3.08. The van der Waals surface area contributed by atoms with E-state index in [2.05, 4.69) is 47.6 Å². The van der Waals surface area contributed by atoms with Gasteiger partial charge >= 0.3 is 0 Å². The summed E-state index contributed by atoms with van der Waals surface area (Å²) in [6.45, 7) is 12.5. The molecule has 1 unspecified atom stereocenters. The summed E-state index contributed by atoms with van der Waals surface area (Å²) in [6.07, 6.45) is 5.84. The molecule has 1 aliphatic carbocycles. The summed E-state index contributed by atoms with van der Waals surface area (Å²) < 4.78 is 23.9. The first kappa shape index (κ1) is 16.8. The van der Waals surface area contributed by atoms with Crippen molar-refractivity contribution in [1.82, 2.24) is 0 Å². The molecular formula is C15H25ClO2S. The zero-order chi connectivity index (χ0) is 15.0. The molecule has 110 valence electrons. The van der Waals surface area contributed by atoms with Crippen LogP contribution in [0.2, 0.25) is 0 Å². The lowest BCUT2D eigenvalue weighted by atomic mass is 9.63. The van der Waals surface area contributed by atoms with E-state index in [0.717, 1.165) is 0 Å². The number of rotatable bonds is 4. The molecule has 1 atom stereocenters. The zero-order valence-electron chi connectivity index (χ0n) is 12.6. The maximum absolute atomic E-state index is 12.0. The van der Waals surface area contributed by atoms with Crippen molar-refractivity contribution >= 4 is 19.7 Å². The Kier molecular flexibility index (Phi) is 4.95. The van der Waals surface area contributed by atoms with Gasteiger partial charge in [0, 0.05) is 16.1 Å². The van der Waals surface area contributed by atoms with Crippen LogP contribution in [0.1, 0.15) is 41.5 Å². The summed E-state index contributed by atoms with van der Waals surface area (Å²) >= 11 is 0. The van der Waals surface area contributed by atoms with Gasteiger partial charge in [0.25, 0.3) is 0 Å². The minimum Gasteiger partial charge on any atom is -0.212 e. The normalized spacial score (nSPS) is 23.3. The number of hydrogen-bond acceptors (Lipinski definition) is 2. The Morgan fingerprint density at radius 2 is 1.58 bits per heavy atom. The lowest BCUT2D eigenvalue weighted by Crippen LogP contribution is -2.46. The predicted molar refractivity (Wildman–Crippen MR) is 82.7 cm³/mol. The van der Waals surface area contributed by atoms with Crippen molar-refractivity contribution in [1.29, 1.82) is 0 Å². The summed E-state index contributed by atoms with van der Waals surface area (Å²) in [5, 5.41) is -0.649. The van der Waals surface area contributed by atoms with Crippen LogP contribution in [0, 0.1) is 23.2 Å². The van der Waals surface area contributed by atoms with Crippen LogP contribution in [-0.2, 0) is 9.05 Å². The molecule has 1 rings (SSSR count). The maximum atomic E-state index is 12.0. The van der Waals surface area contributed by atoms with E-state index in [0.29, 0.717) is 5.92 Å². The largest absolute Gasteiger partial charge is 0.239 e. The molecule has 0 aromatic heterocycles. The second kappa shape index (κ2) is 5.61. The van der Waals surface area contributed by atoms with Gasteiger partial charge in [0.05, 0.1) is 0 Å². The Morgan fingerprint density at radius 3 is 1.89 bits per heavy atom. The van der Waals surface area contributed by atoms with Crippen molar-refractivity contribution < 1.29 is 8.42 Å². The Hall–Kier alpha value is -0.280. The van der Waals surface area contributed by atoms with Gasteiger partial charge in [-0.05, 0) is 23.3 Å². The molecule has 0 saturated carbocycles. The van der Waals surface area contributed by atoms with Crippen LogP contribution in [0.15, 0.2) is 23.8 Å².